The SMILES string of the molecule is O=C(N1CCCCC1)N1N=CCC1c1cc(F)cc(F)c1. The number of nitrogens with zero attached hydrogens (tertiary/aromatic N) is 3. The first-order chi connectivity index (χ1) is 10.1. The van der Waals surface area contributed by atoms with Crippen LogP contribution in [0.15, 0.2) is 23.3 Å². The van der Waals surface area contributed by atoms with Crippen molar-refractivity contribution in [1.82, 2.24) is 9.91 Å². The van der Waals surface area contributed by atoms with E-state index in [1.54, 1.807) is 11.1 Å². The first-order valence-corrected chi connectivity index (χ1v) is 7.22. The Labute approximate surface area is 122 Å². The Kier molecular flexibility index (Phi) is 3.86. The predicted molar refractivity (Wildman–Crippen MR) is 74.9 cm³/mol. The van der Waals surface area contributed by atoms with Crippen LogP contribution in [0.2, 0.25) is 0 Å². The maximum absolute atomic E-state index is 13.4. The predicted octanol–water partition coefficient (Wildman–Crippen LogP) is 3.30. The third kappa shape index (κ3) is 2.89. The summed E-state index contributed by atoms with van der Waals surface area (Å²) in [6.45, 7) is 1.43. The standard InChI is InChI=1S/C15H17F2N3O/c16-12-8-11(9-13(17)10-12)14-4-5-18-20(14)15(21)19-6-2-1-3-7-19/h5,8-10,14H,1-4,6-7H2. The molecule has 1 aromatic rings. The zero-order chi connectivity index (χ0) is 14.8. The van der Waals surface area contributed by atoms with Crippen LogP contribution in [-0.4, -0.2) is 35.2 Å². The number of likely N-dealkylation sites (tertiary alicyclic amines) is 1. The summed E-state index contributed by atoms with van der Waals surface area (Å²) < 4.78 is 26.7. The number of amides is 2. The fraction of sp³-hybridized carbons (Fsp3) is 0.467. The monoisotopic (exact) mass is 293 g/mol. The summed E-state index contributed by atoms with van der Waals surface area (Å²) in [5.41, 5.74) is 0.440. The lowest BCUT2D eigenvalue weighted by atomic mass is 10.0. The molecule has 2 aliphatic rings. The lowest BCUT2D eigenvalue weighted by molar-refractivity contribution is 0.133. The van der Waals surface area contributed by atoms with Crippen molar-refractivity contribution in [1.29, 1.82) is 0 Å². The summed E-state index contributed by atoms with van der Waals surface area (Å²) in [7, 11) is 0. The van der Waals surface area contributed by atoms with E-state index in [4.69, 9.17) is 0 Å². The third-order valence-electron chi connectivity index (χ3n) is 3.92. The second kappa shape index (κ2) is 5.79. The van der Waals surface area contributed by atoms with E-state index < -0.39 is 17.7 Å². The first-order valence-electron chi connectivity index (χ1n) is 7.22. The minimum Gasteiger partial charge on any atom is -0.323 e. The van der Waals surface area contributed by atoms with Gasteiger partial charge in [-0.2, -0.15) is 5.10 Å². The maximum Gasteiger partial charge on any atom is 0.340 e. The lowest BCUT2D eigenvalue weighted by Crippen LogP contribution is -2.43. The van der Waals surface area contributed by atoms with Gasteiger partial charge in [0.1, 0.15) is 11.6 Å². The van der Waals surface area contributed by atoms with Crippen molar-refractivity contribution in [2.24, 2.45) is 5.10 Å². The number of carbonyl (C=O) groups excluding carboxylic acids is 1. The van der Waals surface area contributed by atoms with E-state index in [9.17, 15) is 13.6 Å². The minimum atomic E-state index is -0.637. The van der Waals surface area contributed by atoms with Crippen LogP contribution in [-0.2, 0) is 0 Å². The molecule has 6 heteroatoms. The number of piperidine rings is 1. The molecule has 2 aliphatic heterocycles. The zero-order valence-corrected chi connectivity index (χ0v) is 11.6. The number of hydrogen-bond donors (Lipinski definition) is 0. The molecule has 0 saturated carbocycles. The number of halogens is 2. The van der Waals surface area contributed by atoms with E-state index in [0.29, 0.717) is 12.0 Å². The van der Waals surface area contributed by atoms with E-state index in [2.05, 4.69) is 5.10 Å². The Balaban J connectivity index is 1.81. The molecule has 3 rings (SSSR count). The minimum absolute atomic E-state index is 0.182. The molecule has 0 radical (unpaired) electrons. The van der Waals surface area contributed by atoms with Crippen molar-refractivity contribution in [2.45, 2.75) is 31.7 Å². The third-order valence-corrected chi connectivity index (χ3v) is 3.92. The van der Waals surface area contributed by atoms with Crippen LogP contribution in [0.5, 0.6) is 0 Å². The highest BCUT2D eigenvalue weighted by Crippen LogP contribution is 2.30. The Morgan fingerprint density at radius 2 is 1.76 bits per heavy atom. The summed E-state index contributed by atoms with van der Waals surface area (Å²) in [5.74, 6) is -1.27. The van der Waals surface area contributed by atoms with Crippen molar-refractivity contribution in [3.63, 3.8) is 0 Å². The molecular formula is C15H17F2N3O. The molecule has 0 aromatic heterocycles. The van der Waals surface area contributed by atoms with E-state index in [1.807, 2.05) is 0 Å². The van der Waals surface area contributed by atoms with Gasteiger partial charge >= 0.3 is 6.03 Å². The van der Waals surface area contributed by atoms with Crippen molar-refractivity contribution < 1.29 is 13.6 Å². The fourth-order valence-electron chi connectivity index (χ4n) is 2.87. The van der Waals surface area contributed by atoms with Crippen molar-refractivity contribution >= 4 is 12.2 Å². The van der Waals surface area contributed by atoms with Crippen LogP contribution >= 0.6 is 0 Å². The van der Waals surface area contributed by atoms with Crippen LogP contribution in [0.3, 0.4) is 0 Å². The van der Waals surface area contributed by atoms with Gasteiger partial charge in [-0.05, 0) is 37.0 Å². The number of hydrazone groups is 1. The highest BCUT2D eigenvalue weighted by Gasteiger charge is 2.32. The molecule has 0 spiro atoms. The van der Waals surface area contributed by atoms with Crippen molar-refractivity contribution in [3.05, 3.63) is 35.4 Å². The van der Waals surface area contributed by atoms with E-state index in [1.165, 1.54) is 17.1 Å². The van der Waals surface area contributed by atoms with E-state index in [-0.39, 0.29) is 6.03 Å². The normalized spacial score (nSPS) is 21.9. The highest BCUT2D eigenvalue weighted by molar-refractivity contribution is 5.78. The molecular weight excluding hydrogens is 276 g/mol. The summed E-state index contributed by atoms with van der Waals surface area (Å²) in [4.78, 5) is 14.3. The molecule has 2 heterocycles. The van der Waals surface area contributed by atoms with Crippen molar-refractivity contribution in [2.75, 3.05) is 13.1 Å². The zero-order valence-electron chi connectivity index (χ0n) is 11.6. The average Bonchev–Trinajstić information content (AvgIpc) is 2.96. The Hall–Kier alpha value is -1.98. The molecule has 1 atom stereocenters. The van der Waals surface area contributed by atoms with Gasteiger partial charge in [0, 0.05) is 31.8 Å². The quantitative estimate of drug-likeness (QED) is 0.782. The molecule has 1 aromatic carbocycles. The van der Waals surface area contributed by atoms with Gasteiger partial charge in [-0.3, -0.25) is 0 Å². The largest absolute Gasteiger partial charge is 0.340 e. The molecule has 21 heavy (non-hydrogen) atoms. The summed E-state index contributed by atoms with van der Waals surface area (Å²) in [6.07, 6.45) is 5.20. The maximum atomic E-state index is 13.4. The molecule has 112 valence electrons. The van der Waals surface area contributed by atoms with Gasteiger partial charge in [0.15, 0.2) is 0 Å². The lowest BCUT2D eigenvalue weighted by Gasteiger charge is -2.32. The smallest absolute Gasteiger partial charge is 0.323 e. The van der Waals surface area contributed by atoms with Gasteiger partial charge in [-0.25, -0.2) is 18.6 Å². The number of carbonyl (C=O) groups is 1. The summed E-state index contributed by atoms with van der Waals surface area (Å²) in [6, 6.07) is 2.75. The molecule has 0 bridgehead atoms. The molecule has 0 N–H and O–H groups in total. The molecule has 2 amide bonds. The number of rotatable bonds is 1. The van der Waals surface area contributed by atoms with Gasteiger partial charge in [-0.1, -0.05) is 0 Å². The van der Waals surface area contributed by atoms with Crippen molar-refractivity contribution in [3.8, 4) is 0 Å². The fourth-order valence-corrected chi connectivity index (χ4v) is 2.87. The van der Waals surface area contributed by atoms with Crippen LogP contribution < -0.4 is 0 Å². The van der Waals surface area contributed by atoms with E-state index >= 15 is 0 Å². The van der Waals surface area contributed by atoms with Gasteiger partial charge in [-0.15, -0.1) is 0 Å². The number of hydrogen-bond acceptors (Lipinski definition) is 2. The Bertz CT molecular complexity index is 550. The Morgan fingerprint density at radius 3 is 2.43 bits per heavy atom. The molecule has 0 aliphatic carbocycles. The van der Waals surface area contributed by atoms with Crippen LogP contribution in [0.4, 0.5) is 13.6 Å². The second-order valence-corrected chi connectivity index (χ2v) is 5.43. The topological polar surface area (TPSA) is 35.9 Å². The number of benzene rings is 1. The summed E-state index contributed by atoms with van der Waals surface area (Å²) >= 11 is 0. The number of urea groups is 1. The molecule has 1 fully saturated rings. The van der Waals surface area contributed by atoms with Crippen LogP contribution in [0.1, 0.15) is 37.3 Å². The highest BCUT2D eigenvalue weighted by atomic mass is 19.1. The van der Waals surface area contributed by atoms with Gasteiger partial charge in [0.25, 0.3) is 0 Å². The van der Waals surface area contributed by atoms with Gasteiger partial charge in [0.2, 0.25) is 0 Å². The second-order valence-electron chi connectivity index (χ2n) is 5.43. The molecule has 1 saturated heterocycles. The van der Waals surface area contributed by atoms with Gasteiger partial charge < -0.3 is 4.90 Å². The van der Waals surface area contributed by atoms with Crippen LogP contribution in [0.25, 0.3) is 0 Å². The Morgan fingerprint density at radius 1 is 1.10 bits per heavy atom. The van der Waals surface area contributed by atoms with Gasteiger partial charge in [0.05, 0.1) is 6.04 Å². The van der Waals surface area contributed by atoms with E-state index in [0.717, 1.165) is 38.4 Å². The average molecular weight is 293 g/mol. The van der Waals surface area contributed by atoms with Crippen LogP contribution in [0, 0.1) is 11.6 Å². The summed E-state index contributed by atoms with van der Waals surface area (Å²) in [5, 5.41) is 5.45. The molecule has 4 nitrogen and oxygen atoms in total. The first kappa shape index (κ1) is 14.0. The molecule has 1 unspecified atom stereocenters.